The molecule has 3 nitrogen and oxygen atoms in total. The summed E-state index contributed by atoms with van der Waals surface area (Å²) in [7, 11) is 0. The van der Waals surface area contributed by atoms with Gasteiger partial charge in [-0.1, -0.05) is 19.3 Å². The Morgan fingerprint density at radius 1 is 1.28 bits per heavy atom. The van der Waals surface area contributed by atoms with Gasteiger partial charge in [0, 0.05) is 5.69 Å². The van der Waals surface area contributed by atoms with E-state index >= 15 is 0 Å². The first kappa shape index (κ1) is 12.8. The monoisotopic (exact) mass is 244 g/mol. The largest absolute Gasteiger partial charge is 0.493 e. The van der Waals surface area contributed by atoms with Crippen molar-refractivity contribution in [2.75, 3.05) is 12.3 Å². The van der Waals surface area contributed by atoms with E-state index in [2.05, 4.69) is 6.07 Å². The summed E-state index contributed by atoms with van der Waals surface area (Å²) in [4.78, 5) is 0. The minimum Gasteiger partial charge on any atom is -0.493 e. The summed E-state index contributed by atoms with van der Waals surface area (Å²) in [5, 5.41) is 8.72. The zero-order valence-electron chi connectivity index (χ0n) is 10.7. The van der Waals surface area contributed by atoms with E-state index in [9.17, 15) is 0 Å². The molecule has 1 aromatic carbocycles. The summed E-state index contributed by atoms with van der Waals surface area (Å²) in [5.74, 6) is 1.52. The topological polar surface area (TPSA) is 59.0 Å². The van der Waals surface area contributed by atoms with Crippen molar-refractivity contribution in [2.45, 2.75) is 38.5 Å². The van der Waals surface area contributed by atoms with Crippen LogP contribution in [0.15, 0.2) is 18.2 Å². The van der Waals surface area contributed by atoms with Crippen LogP contribution >= 0.6 is 0 Å². The van der Waals surface area contributed by atoms with E-state index in [-0.39, 0.29) is 0 Å². The zero-order valence-corrected chi connectivity index (χ0v) is 10.7. The van der Waals surface area contributed by atoms with Crippen LogP contribution in [-0.4, -0.2) is 6.61 Å². The van der Waals surface area contributed by atoms with E-state index in [1.54, 1.807) is 0 Å². The predicted octanol–water partition coefficient (Wildman–Crippen LogP) is 3.29. The third-order valence-electron chi connectivity index (χ3n) is 3.59. The van der Waals surface area contributed by atoms with E-state index in [1.165, 1.54) is 32.1 Å². The normalized spacial score (nSPS) is 16.2. The second-order valence-corrected chi connectivity index (χ2v) is 5.01. The van der Waals surface area contributed by atoms with Crippen LogP contribution in [-0.2, 0) is 6.42 Å². The Labute approximate surface area is 109 Å². The molecule has 0 unspecified atom stereocenters. The van der Waals surface area contributed by atoms with Crippen molar-refractivity contribution in [3.63, 3.8) is 0 Å². The van der Waals surface area contributed by atoms with Crippen molar-refractivity contribution in [1.29, 1.82) is 5.26 Å². The number of nitrogens with two attached hydrogens (primary N) is 1. The first-order chi connectivity index (χ1) is 8.79. The summed E-state index contributed by atoms with van der Waals surface area (Å²) >= 11 is 0. The molecule has 0 aliphatic heterocycles. The molecule has 1 aliphatic rings. The Hall–Kier alpha value is -1.69. The lowest BCUT2D eigenvalue weighted by Crippen LogP contribution is -2.15. The van der Waals surface area contributed by atoms with Gasteiger partial charge >= 0.3 is 0 Å². The Morgan fingerprint density at radius 3 is 2.78 bits per heavy atom. The fraction of sp³-hybridized carbons (Fsp3) is 0.533. The van der Waals surface area contributed by atoms with E-state index < -0.39 is 0 Å². The van der Waals surface area contributed by atoms with Gasteiger partial charge in [-0.25, -0.2) is 0 Å². The highest BCUT2D eigenvalue weighted by molar-refractivity contribution is 5.51. The second kappa shape index (κ2) is 6.30. The number of nitrogen functional groups attached to an aromatic ring is 1. The molecule has 1 aliphatic carbocycles. The van der Waals surface area contributed by atoms with Crippen molar-refractivity contribution in [3.8, 4) is 11.8 Å². The molecule has 1 saturated carbocycles. The van der Waals surface area contributed by atoms with Crippen molar-refractivity contribution in [1.82, 2.24) is 0 Å². The standard InChI is InChI=1S/C15H20N2O/c16-9-8-13-10-14(6-7-15(13)17)18-11-12-4-2-1-3-5-12/h6-7,10,12H,1-5,8,11,17H2. The maximum absolute atomic E-state index is 8.72. The molecule has 0 saturated heterocycles. The van der Waals surface area contributed by atoms with Gasteiger partial charge in [-0.2, -0.15) is 5.26 Å². The molecule has 0 bridgehead atoms. The molecule has 1 aromatic rings. The maximum Gasteiger partial charge on any atom is 0.119 e. The summed E-state index contributed by atoms with van der Waals surface area (Å²) in [5.41, 5.74) is 7.34. The zero-order chi connectivity index (χ0) is 12.8. The Kier molecular flexibility index (Phi) is 4.46. The summed E-state index contributed by atoms with van der Waals surface area (Å²) in [6.07, 6.45) is 6.92. The molecule has 0 amide bonds. The highest BCUT2D eigenvalue weighted by Gasteiger charge is 2.14. The number of nitriles is 1. The molecule has 18 heavy (non-hydrogen) atoms. The Morgan fingerprint density at radius 2 is 2.06 bits per heavy atom. The first-order valence-electron chi connectivity index (χ1n) is 6.67. The van der Waals surface area contributed by atoms with Crippen molar-refractivity contribution in [3.05, 3.63) is 23.8 Å². The van der Waals surface area contributed by atoms with Gasteiger partial charge in [-0.3, -0.25) is 0 Å². The smallest absolute Gasteiger partial charge is 0.119 e. The Balaban J connectivity index is 1.92. The van der Waals surface area contributed by atoms with Crippen LogP contribution in [0, 0.1) is 17.2 Å². The van der Waals surface area contributed by atoms with Gasteiger partial charge in [-0.05, 0) is 42.5 Å². The van der Waals surface area contributed by atoms with Gasteiger partial charge in [0.05, 0.1) is 19.1 Å². The number of benzene rings is 1. The van der Waals surface area contributed by atoms with Gasteiger partial charge < -0.3 is 10.5 Å². The number of anilines is 1. The van der Waals surface area contributed by atoms with Crippen LogP contribution in [0.5, 0.6) is 5.75 Å². The molecule has 1 fully saturated rings. The predicted molar refractivity (Wildman–Crippen MR) is 72.2 cm³/mol. The van der Waals surface area contributed by atoms with E-state index in [0.29, 0.717) is 18.0 Å². The van der Waals surface area contributed by atoms with Gasteiger partial charge in [0.2, 0.25) is 0 Å². The van der Waals surface area contributed by atoms with Crippen LogP contribution in [0.4, 0.5) is 5.69 Å². The lowest BCUT2D eigenvalue weighted by Gasteiger charge is -2.21. The SMILES string of the molecule is N#CCc1cc(OCC2CCCCC2)ccc1N. The minimum atomic E-state index is 0.340. The highest BCUT2D eigenvalue weighted by Crippen LogP contribution is 2.26. The van der Waals surface area contributed by atoms with Crippen molar-refractivity contribution >= 4 is 5.69 Å². The summed E-state index contributed by atoms with van der Waals surface area (Å²) < 4.78 is 5.82. The summed E-state index contributed by atoms with van der Waals surface area (Å²) in [6, 6.07) is 7.72. The molecule has 2 N–H and O–H groups in total. The quantitative estimate of drug-likeness (QED) is 0.827. The highest BCUT2D eigenvalue weighted by atomic mass is 16.5. The van der Waals surface area contributed by atoms with Crippen LogP contribution < -0.4 is 10.5 Å². The molecular formula is C15H20N2O. The van der Waals surface area contributed by atoms with Crippen molar-refractivity contribution in [2.24, 2.45) is 5.92 Å². The third kappa shape index (κ3) is 3.40. The lowest BCUT2D eigenvalue weighted by atomic mass is 9.90. The minimum absolute atomic E-state index is 0.340. The average Bonchev–Trinajstić information content (AvgIpc) is 2.41. The average molecular weight is 244 g/mol. The second-order valence-electron chi connectivity index (χ2n) is 5.01. The van der Waals surface area contributed by atoms with Crippen LogP contribution in [0.3, 0.4) is 0 Å². The maximum atomic E-state index is 8.72. The molecule has 0 spiro atoms. The van der Waals surface area contributed by atoms with E-state index in [4.69, 9.17) is 15.7 Å². The third-order valence-corrected chi connectivity index (χ3v) is 3.59. The van der Waals surface area contributed by atoms with Gasteiger partial charge in [0.25, 0.3) is 0 Å². The molecule has 96 valence electrons. The van der Waals surface area contributed by atoms with Gasteiger partial charge in [-0.15, -0.1) is 0 Å². The number of nitrogens with zero attached hydrogens (tertiary/aromatic N) is 1. The number of hydrogen-bond acceptors (Lipinski definition) is 3. The van der Waals surface area contributed by atoms with Crippen LogP contribution in [0.1, 0.15) is 37.7 Å². The fourth-order valence-electron chi connectivity index (χ4n) is 2.48. The molecular weight excluding hydrogens is 224 g/mol. The lowest BCUT2D eigenvalue weighted by molar-refractivity contribution is 0.209. The van der Waals surface area contributed by atoms with Gasteiger partial charge in [0.15, 0.2) is 0 Å². The summed E-state index contributed by atoms with van der Waals surface area (Å²) in [6.45, 7) is 0.788. The molecule has 0 atom stereocenters. The molecule has 0 heterocycles. The van der Waals surface area contributed by atoms with Gasteiger partial charge in [0.1, 0.15) is 5.75 Å². The van der Waals surface area contributed by atoms with Crippen molar-refractivity contribution < 1.29 is 4.74 Å². The number of hydrogen-bond donors (Lipinski definition) is 1. The molecule has 3 heteroatoms. The number of ether oxygens (including phenoxy) is 1. The Bertz CT molecular complexity index is 431. The van der Waals surface area contributed by atoms with Crippen LogP contribution in [0.2, 0.25) is 0 Å². The first-order valence-corrected chi connectivity index (χ1v) is 6.67. The van der Waals surface area contributed by atoms with E-state index in [1.807, 2.05) is 18.2 Å². The molecule has 2 rings (SSSR count). The molecule has 0 aromatic heterocycles. The fourth-order valence-corrected chi connectivity index (χ4v) is 2.48. The molecule has 0 radical (unpaired) electrons. The van der Waals surface area contributed by atoms with Crippen LogP contribution in [0.25, 0.3) is 0 Å². The van der Waals surface area contributed by atoms with E-state index in [0.717, 1.165) is 17.9 Å². The number of rotatable bonds is 4.